The number of aliphatic imine (C=N–C) groups is 1. The number of nitrogens with zero attached hydrogens (tertiary/aromatic N) is 1. The summed E-state index contributed by atoms with van der Waals surface area (Å²) in [6.45, 7) is 23.3. The summed E-state index contributed by atoms with van der Waals surface area (Å²) in [5.41, 5.74) is 1.19. The van der Waals surface area contributed by atoms with Gasteiger partial charge in [0.25, 0.3) is 0 Å². The molecule has 0 N–H and O–H groups in total. The summed E-state index contributed by atoms with van der Waals surface area (Å²) in [5.74, 6) is 0. The molecule has 0 aliphatic rings. The zero-order valence-electron chi connectivity index (χ0n) is 11.6. The molecule has 15 heavy (non-hydrogen) atoms. The van der Waals surface area contributed by atoms with E-state index >= 15 is 0 Å². The van der Waals surface area contributed by atoms with E-state index in [0.717, 1.165) is 12.0 Å². The molecule has 0 rings (SSSR count). The minimum absolute atomic E-state index is 0.0634. The predicted octanol–water partition coefficient (Wildman–Crippen LogP) is 4.48. The standard InChI is InChI=1S/C14H27N/c1-11(2)14(15-9,13(6,7)8)10-12(3,4)5/h1,9-10H2,2-8H3. The maximum atomic E-state index is 4.43. The average Bonchev–Trinajstić information content (AvgIpc) is 1.95. The second-order valence-corrected chi connectivity index (χ2v) is 6.79. The first kappa shape index (κ1) is 14.4. The molecule has 1 unspecified atom stereocenters. The maximum absolute atomic E-state index is 4.43. The highest BCUT2D eigenvalue weighted by Crippen LogP contribution is 2.46. The second kappa shape index (κ2) is 4.11. The average molecular weight is 209 g/mol. The summed E-state index contributed by atoms with van der Waals surface area (Å²) in [6.07, 6.45) is 0.988. The van der Waals surface area contributed by atoms with Crippen LogP contribution in [0.15, 0.2) is 17.1 Å². The molecule has 0 radical (unpaired) electrons. The molecular weight excluding hydrogens is 182 g/mol. The van der Waals surface area contributed by atoms with Gasteiger partial charge in [-0.2, -0.15) is 0 Å². The SMILES string of the molecule is C=NC(CC(C)(C)C)(C(=C)C)C(C)(C)C. The summed E-state index contributed by atoms with van der Waals surface area (Å²) in [7, 11) is 0. The molecule has 0 saturated carbocycles. The number of rotatable bonds is 3. The van der Waals surface area contributed by atoms with Crippen molar-refractivity contribution in [1.82, 2.24) is 0 Å². The van der Waals surface area contributed by atoms with Crippen molar-refractivity contribution >= 4 is 6.72 Å². The van der Waals surface area contributed by atoms with Gasteiger partial charge in [-0.3, -0.25) is 4.99 Å². The normalized spacial score (nSPS) is 17.0. The van der Waals surface area contributed by atoms with E-state index in [1.165, 1.54) is 0 Å². The molecule has 0 aromatic carbocycles. The molecular formula is C14H27N. The highest BCUT2D eigenvalue weighted by Gasteiger charge is 2.44. The molecule has 0 aliphatic heterocycles. The van der Waals surface area contributed by atoms with Crippen LogP contribution in [-0.2, 0) is 0 Å². The molecule has 1 heteroatoms. The van der Waals surface area contributed by atoms with E-state index < -0.39 is 0 Å². The Morgan fingerprint density at radius 2 is 1.47 bits per heavy atom. The van der Waals surface area contributed by atoms with E-state index in [9.17, 15) is 0 Å². The van der Waals surface area contributed by atoms with Crippen LogP contribution in [0.2, 0.25) is 0 Å². The minimum atomic E-state index is -0.217. The van der Waals surface area contributed by atoms with Gasteiger partial charge in [0.05, 0.1) is 5.54 Å². The van der Waals surface area contributed by atoms with Crippen molar-refractivity contribution in [2.24, 2.45) is 15.8 Å². The zero-order chi connectivity index (χ0) is 12.5. The monoisotopic (exact) mass is 209 g/mol. The quantitative estimate of drug-likeness (QED) is 0.480. The summed E-state index contributed by atoms with van der Waals surface area (Å²) >= 11 is 0. The summed E-state index contributed by atoms with van der Waals surface area (Å²) in [5, 5.41) is 0. The van der Waals surface area contributed by atoms with Crippen LogP contribution >= 0.6 is 0 Å². The Bertz CT molecular complexity index is 249. The van der Waals surface area contributed by atoms with Crippen molar-refractivity contribution < 1.29 is 0 Å². The number of hydrogen-bond donors (Lipinski definition) is 0. The Morgan fingerprint density at radius 3 is 1.53 bits per heavy atom. The van der Waals surface area contributed by atoms with Crippen LogP contribution in [0, 0.1) is 10.8 Å². The molecule has 0 aromatic heterocycles. The topological polar surface area (TPSA) is 12.4 Å². The van der Waals surface area contributed by atoms with Gasteiger partial charge in [-0.1, -0.05) is 53.7 Å². The highest BCUT2D eigenvalue weighted by atomic mass is 14.9. The van der Waals surface area contributed by atoms with Gasteiger partial charge in [-0.25, -0.2) is 0 Å². The van der Waals surface area contributed by atoms with E-state index in [0.29, 0.717) is 0 Å². The van der Waals surface area contributed by atoms with E-state index in [1.807, 2.05) is 0 Å². The lowest BCUT2D eigenvalue weighted by atomic mass is 9.63. The second-order valence-electron chi connectivity index (χ2n) is 6.79. The van der Waals surface area contributed by atoms with Gasteiger partial charge in [-0.05, 0) is 30.9 Å². The molecule has 0 heterocycles. The fraction of sp³-hybridized carbons (Fsp3) is 0.786. The Kier molecular flexibility index (Phi) is 3.95. The molecule has 0 saturated heterocycles. The van der Waals surface area contributed by atoms with Crippen LogP contribution in [0.1, 0.15) is 54.9 Å². The summed E-state index contributed by atoms with van der Waals surface area (Å²) in [4.78, 5) is 4.43. The zero-order valence-corrected chi connectivity index (χ0v) is 11.6. The highest BCUT2D eigenvalue weighted by molar-refractivity contribution is 5.33. The first-order valence-electron chi connectivity index (χ1n) is 5.60. The van der Waals surface area contributed by atoms with Crippen LogP contribution in [0.5, 0.6) is 0 Å². The minimum Gasteiger partial charge on any atom is -0.289 e. The third kappa shape index (κ3) is 3.19. The van der Waals surface area contributed by atoms with Gasteiger partial charge in [-0.15, -0.1) is 0 Å². The Hall–Kier alpha value is -0.590. The lowest BCUT2D eigenvalue weighted by Gasteiger charge is -2.45. The van der Waals surface area contributed by atoms with Crippen LogP contribution in [0.3, 0.4) is 0 Å². The predicted molar refractivity (Wildman–Crippen MR) is 70.6 cm³/mol. The Balaban J connectivity index is 5.38. The maximum Gasteiger partial charge on any atom is 0.0857 e. The van der Waals surface area contributed by atoms with Gasteiger partial charge in [0.2, 0.25) is 0 Å². The molecule has 0 amide bonds. The van der Waals surface area contributed by atoms with Gasteiger partial charge < -0.3 is 0 Å². The van der Waals surface area contributed by atoms with Crippen LogP contribution in [0.25, 0.3) is 0 Å². The van der Waals surface area contributed by atoms with Gasteiger partial charge >= 0.3 is 0 Å². The molecule has 0 spiro atoms. The van der Waals surface area contributed by atoms with Crippen molar-refractivity contribution in [3.05, 3.63) is 12.2 Å². The third-order valence-corrected chi connectivity index (χ3v) is 3.00. The molecule has 0 aromatic rings. The molecule has 88 valence electrons. The van der Waals surface area contributed by atoms with Gasteiger partial charge in [0, 0.05) is 0 Å². The van der Waals surface area contributed by atoms with Crippen LogP contribution in [0.4, 0.5) is 0 Å². The fourth-order valence-electron chi connectivity index (χ4n) is 2.25. The van der Waals surface area contributed by atoms with Crippen molar-refractivity contribution in [1.29, 1.82) is 0 Å². The Labute approximate surface area is 95.7 Å². The van der Waals surface area contributed by atoms with Crippen molar-refractivity contribution in [2.75, 3.05) is 0 Å². The molecule has 0 bridgehead atoms. The van der Waals surface area contributed by atoms with E-state index in [-0.39, 0.29) is 16.4 Å². The van der Waals surface area contributed by atoms with Crippen molar-refractivity contribution in [3.63, 3.8) is 0 Å². The van der Waals surface area contributed by atoms with Crippen molar-refractivity contribution in [3.8, 4) is 0 Å². The van der Waals surface area contributed by atoms with Crippen LogP contribution in [-0.4, -0.2) is 12.3 Å². The number of hydrogen-bond acceptors (Lipinski definition) is 1. The van der Waals surface area contributed by atoms with E-state index in [1.54, 1.807) is 0 Å². The smallest absolute Gasteiger partial charge is 0.0857 e. The first-order valence-corrected chi connectivity index (χ1v) is 5.60. The lowest BCUT2D eigenvalue weighted by Crippen LogP contribution is -2.44. The summed E-state index contributed by atoms with van der Waals surface area (Å²) < 4.78 is 0. The Morgan fingerprint density at radius 1 is 1.07 bits per heavy atom. The molecule has 1 nitrogen and oxygen atoms in total. The fourth-order valence-corrected chi connectivity index (χ4v) is 2.25. The van der Waals surface area contributed by atoms with Gasteiger partial charge in [0.1, 0.15) is 0 Å². The molecule has 1 atom stereocenters. The first-order chi connectivity index (χ1) is 6.46. The van der Waals surface area contributed by atoms with Crippen LogP contribution < -0.4 is 0 Å². The third-order valence-electron chi connectivity index (χ3n) is 3.00. The lowest BCUT2D eigenvalue weighted by molar-refractivity contribution is 0.160. The van der Waals surface area contributed by atoms with Gasteiger partial charge in [0.15, 0.2) is 0 Å². The van der Waals surface area contributed by atoms with E-state index in [2.05, 4.69) is 66.8 Å². The van der Waals surface area contributed by atoms with E-state index in [4.69, 9.17) is 0 Å². The van der Waals surface area contributed by atoms with Crippen molar-refractivity contribution in [2.45, 2.75) is 60.4 Å². The molecule has 0 fully saturated rings. The molecule has 0 aliphatic carbocycles. The summed E-state index contributed by atoms with van der Waals surface area (Å²) in [6, 6.07) is 0. The largest absolute Gasteiger partial charge is 0.289 e.